The Balaban J connectivity index is 1.70. The van der Waals surface area contributed by atoms with Crippen LogP contribution in [0.25, 0.3) is 0 Å². The van der Waals surface area contributed by atoms with Gasteiger partial charge in [0.2, 0.25) is 0 Å². The van der Waals surface area contributed by atoms with E-state index in [4.69, 9.17) is 0 Å². The number of hydrogen-bond donors (Lipinski definition) is 2. The van der Waals surface area contributed by atoms with E-state index >= 15 is 0 Å². The molecule has 3 fully saturated rings. The van der Waals surface area contributed by atoms with Crippen LogP contribution in [-0.4, -0.2) is 28.2 Å². The van der Waals surface area contributed by atoms with Crippen LogP contribution in [0, 0.1) is 28.6 Å². The van der Waals surface area contributed by atoms with Gasteiger partial charge in [0.25, 0.3) is 0 Å². The molecule has 7 atom stereocenters. The first-order valence-electron chi connectivity index (χ1n) is 8.94. The summed E-state index contributed by atoms with van der Waals surface area (Å²) in [6.07, 6.45) is 7.95. The van der Waals surface area contributed by atoms with Gasteiger partial charge in [-0.2, -0.15) is 0 Å². The normalized spacial score (nSPS) is 54.3. The Hall–Kier alpha value is -0.670. The summed E-state index contributed by atoms with van der Waals surface area (Å²) in [4.78, 5) is 12.1. The molecule has 0 spiro atoms. The van der Waals surface area contributed by atoms with Gasteiger partial charge in [0.15, 0.2) is 5.78 Å². The quantitative estimate of drug-likeness (QED) is 0.677. The number of allylic oxidation sites excluding steroid dienone is 1. The summed E-state index contributed by atoms with van der Waals surface area (Å²) in [5.41, 5.74) is 1.47. The minimum absolute atomic E-state index is 0.0622. The molecule has 2 N–H and O–H groups in total. The molecule has 4 aliphatic rings. The Bertz CT molecular complexity index is 539. The number of ketones is 1. The number of carbonyl (C=O) groups is 1. The lowest BCUT2D eigenvalue weighted by Gasteiger charge is -2.57. The van der Waals surface area contributed by atoms with Gasteiger partial charge in [0, 0.05) is 11.8 Å². The molecular formula is C19H28O3. The number of aliphatic hydroxyl groups is 2. The highest BCUT2D eigenvalue weighted by molar-refractivity contribution is 5.86. The Kier molecular flexibility index (Phi) is 3.16. The maximum absolute atomic E-state index is 12.1. The van der Waals surface area contributed by atoms with Gasteiger partial charge in [-0.3, -0.25) is 4.79 Å². The zero-order chi connectivity index (χ0) is 15.7. The van der Waals surface area contributed by atoms with Crippen molar-refractivity contribution in [3.05, 3.63) is 11.6 Å². The molecule has 4 rings (SSSR count). The van der Waals surface area contributed by atoms with E-state index in [9.17, 15) is 15.0 Å². The van der Waals surface area contributed by atoms with Crippen molar-refractivity contribution in [2.24, 2.45) is 28.6 Å². The van der Waals surface area contributed by atoms with Crippen molar-refractivity contribution in [1.82, 2.24) is 0 Å². The third-order valence-corrected chi connectivity index (χ3v) is 7.87. The first-order valence-corrected chi connectivity index (χ1v) is 8.94. The number of rotatable bonds is 0. The van der Waals surface area contributed by atoms with E-state index in [1.54, 1.807) is 0 Å². The van der Waals surface area contributed by atoms with Crippen LogP contribution in [0.15, 0.2) is 11.6 Å². The number of hydrogen-bond acceptors (Lipinski definition) is 3. The molecule has 0 aromatic rings. The fourth-order valence-electron chi connectivity index (χ4n) is 6.41. The van der Waals surface area contributed by atoms with Crippen LogP contribution in [0.3, 0.4) is 0 Å². The maximum Gasteiger partial charge on any atom is 0.162 e. The van der Waals surface area contributed by atoms with Crippen LogP contribution < -0.4 is 0 Å². The molecule has 3 saturated carbocycles. The molecule has 122 valence electrons. The van der Waals surface area contributed by atoms with Gasteiger partial charge in [-0.25, -0.2) is 0 Å². The summed E-state index contributed by atoms with van der Waals surface area (Å²) in [5, 5.41) is 20.4. The lowest BCUT2D eigenvalue weighted by Crippen LogP contribution is -2.51. The molecule has 0 unspecified atom stereocenters. The molecule has 3 nitrogen and oxygen atoms in total. The summed E-state index contributed by atoms with van der Waals surface area (Å²) >= 11 is 0. The predicted octanol–water partition coefficient (Wildman–Crippen LogP) is 2.85. The second kappa shape index (κ2) is 4.67. The number of carbonyl (C=O) groups excluding carboxylic acids is 1. The Labute approximate surface area is 132 Å². The second-order valence-electron chi connectivity index (χ2n) is 8.77. The lowest BCUT2D eigenvalue weighted by atomic mass is 9.48. The van der Waals surface area contributed by atoms with E-state index in [-0.39, 0.29) is 22.7 Å². The van der Waals surface area contributed by atoms with Crippen LogP contribution in [0.2, 0.25) is 0 Å². The summed E-state index contributed by atoms with van der Waals surface area (Å²) < 4.78 is 0. The van der Waals surface area contributed by atoms with Crippen molar-refractivity contribution in [3.63, 3.8) is 0 Å². The number of aliphatic hydroxyl groups excluding tert-OH is 2. The van der Waals surface area contributed by atoms with Gasteiger partial charge in [0.05, 0.1) is 6.10 Å². The van der Waals surface area contributed by atoms with Gasteiger partial charge < -0.3 is 10.2 Å². The molecule has 3 heteroatoms. The maximum atomic E-state index is 12.1. The van der Waals surface area contributed by atoms with Crippen LogP contribution in [-0.2, 0) is 4.79 Å². The zero-order valence-electron chi connectivity index (χ0n) is 13.7. The fraction of sp³-hybridized carbons (Fsp3) is 0.842. The Morgan fingerprint density at radius 3 is 2.64 bits per heavy atom. The molecule has 0 aromatic heterocycles. The van der Waals surface area contributed by atoms with Crippen molar-refractivity contribution < 1.29 is 15.0 Å². The lowest BCUT2D eigenvalue weighted by molar-refractivity contribution is -0.128. The van der Waals surface area contributed by atoms with Crippen LogP contribution in [0.4, 0.5) is 0 Å². The third-order valence-electron chi connectivity index (χ3n) is 7.87. The van der Waals surface area contributed by atoms with Crippen LogP contribution in [0.5, 0.6) is 0 Å². The van der Waals surface area contributed by atoms with Gasteiger partial charge in [-0.15, -0.1) is 0 Å². The highest BCUT2D eigenvalue weighted by atomic mass is 16.3. The minimum atomic E-state index is -0.746. The monoisotopic (exact) mass is 304 g/mol. The minimum Gasteiger partial charge on any atom is -0.393 e. The fourth-order valence-corrected chi connectivity index (χ4v) is 6.41. The highest BCUT2D eigenvalue weighted by Gasteiger charge is 2.60. The van der Waals surface area contributed by atoms with Crippen molar-refractivity contribution in [2.75, 3.05) is 0 Å². The SMILES string of the molecule is C[C@]12CC[C@@H]3[C@@H](CC=C4C[C@@H](O)CC[C@@]43C)[C@@H]1CC(=O)[C@@H]2O. The van der Waals surface area contributed by atoms with E-state index in [0.29, 0.717) is 24.2 Å². The molecule has 0 radical (unpaired) electrons. The van der Waals surface area contributed by atoms with E-state index in [1.165, 1.54) is 5.57 Å². The summed E-state index contributed by atoms with van der Waals surface area (Å²) in [6, 6.07) is 0. The highest BCUT2D eigenvalue weighted by Crippen LogP contribution is 2.64. The predicted molar refractivity (Wildman–Crippen MR) is 84.1 cm³/mol. The largest absolute Gasteiger partial charge is 0.393 e. The van der Waals surface area contributed by atoms with Crippen molar-refractivity contribution in [1.29, 1.82) is 0 Å². The van der Waals surface area contributed by atoms with Crippen molar-refractivity contribution in [3.8, 4) is 0 Å². The van der Waals surface area contributed by atoms with Crippen LogP contribution in [0.1, 0.15) is 58.8 Å². The molecule has 0 aliphatic heterocycles. The standard InChI is InChI=1S/C19H28O3/c1-18-7-5-12(20)9-11(18)3-4-13-14(18)6-8-19(2)15(13)10-16(21)17(19)22/h3,12-15,17,20,22H,4-10H2,1-2H3/t12-,13+,14+,15-,17-,18-,19-/m0/s1. The average molecular weight is 304 g/mol. The van der Waals surface area contributed by atoms with E-state index < -0.39 is 6.10 Å². The molecular weight excluding hydrogens is 276 g/mol. The van der Waals surface area contributed by atoms with E-state index in [0.717, 1.165) is 38.5 Å². The number of fused-ring (bicyclic) bond motifs is 5. The molecule has 0 heterocycles. The van der Waals surface area contributed by atoms with Crippen molar-refractivity contribution >= 4 is 5.78 Å². The average Bonchev–Trinajstić information content (AvgIpc) is 2.72. The van der Waals surface area contributed by atoms with Gasteiger partial charge in [-0.1, -0.05) is 25.5 Å². The third kappa shape index (κ3) is 1.78. The molecule has 0 saturated heterocycles. The first kappa shape index (κ1) is 14.9. The smallest absolute Gasteiger partial charge is 0.162 e. The summed E-state index contributed by atoms with van der Waals surface area (Å²) in [5.74, 6) is 1.56. The molecule has 4 aliphatic carbocycles. The van der Waals surface area contributed by atoms with Crippen molar-refractivity contribution in [2.45, 2.75) is 71.0 Å². The Morgan fingerprint density at radius 1 is 1.09 bits per heavy atom. The van der Waals surface area contributed by atoms with Crippen LogP contribution >= 0.6 is 0 Å². The molecule has 22 heavy (non-hydrogen) atoms. The topological polar surface area (TPSA) is 57.5 Å². The zero-order valence-corrected chi connectivity index (χ0v) is 13.7. The first-order chi connectivity index (χ1) is 10.4. The summed E-state index contributed by atoms with van der Waals surface area (Å²) in [6.45, 7) is 4.52. The molecule has 0 bridgehead atoms. The molecule has 0 amide bonds. The number of Topliss-reactive ketones (excluding diaryl/α,β-unsaturated/α-hetero) is 1. The summed E-state index contributed by atoms with van der Waals surface area (Å²) in [7, 11) is 0. The van der Waals surface area contributed by atoms with Gasteiger partial charge in [-0.05, 0) is 61.7 Å². The van der Waals surface area contributed by atoms with Gasteiger partial charge >= 0.3 is 0 Å². The van der Waals surface area contributed by atoms with Gasteiger partial charge in [0.1, 0.15) is 6.10 Å². The Morgan fingerprint density at radius 2 is 1.86 bits per heavy atom. The van der Waals surface area contributed by atoms with E-state index in [2.05, 4.69) is 19.9 Å². The molecule has 0 aromatic carbocycles. The second-order valence-corrected chi connectivity index (χ2v) is 8.77. The van der Waals surface area contributed by atoms with E-state index in [1.807, 2.05) is 0 Å².